The Balaban J connectivity index is 1.52. The molecule has 0 bridgehead atoms. The summed E-state index contributed by atoms with van der Waals surface area (Å²) in [5, 5.41) is 0.0292. The maximum atomic E-state index is 11.6. The number of halogens is 1. The molecule has 5 atom stereocenters. The molecule has 1 saturated carbocycles. The van der Waals surface area contributed by atoms with Crippen molar-refractivity contribution in [3.8, 4) is 5.75 Å². The third-order valence-electron chi connectivity index (χ3n) is 6.29. The predicted molar refractivity (Wildman–Crippen MR) is 130 cm³/mol. The normalized spacial score (nSPS) is 27.5. The van der Waals surface area contributed by atoms with E-state index in [1.54, 1.807) is 6.08 Å². The molecule has 1 saturated heterocycles. The Morgan fingerprint density at radius 3 is 2.79 bits per heavy atom. The highest BCUT2D eigenvalue weighted by Gasteiger charge is 2.44. The fourth-order valence-corrected chi connectivity index (χ4v) is 4.97. The van der Waals surface area contributed by atoms with Gasteiger partial charge in [0.05, 0.1) is 12.7 Å². The minimum Gasteiger partial charge on any atom is -0.493 e. The van der Waals surface area contributed by atoms with Crippen LogP contribution in [0.5, 0.6) is 5.75 Å². The van der Waals surface area contributed by atoms with E-state index in [1.165, 1.54) is 0 Å². The third-order valence-corrected chi connectivity index (χ3v) is 6.79. The first-order valence-corrected chi connectivity index (χ1v) is 12.6. The average molecular weight is 477 g/mol. The Kier molecular flexibility index (Phi) is 11.3. The van der Waals surface area contributed by atoms with Crippen LogP contribution in [-0.4, -0.2) is 43.6 Å². The minimum atomic E-state index is -0.178. The van der Waals surface area contributed by atoms with Crippen molar-refractivity contribution in [2.75, 3.05) is 19.8 Å². The molecule has 2 fully saturated rings. The molecule has 6 heteroatoms. The molecule has 1 heterocycles. The van der Waals surface area contributed by atoms with Gasteiger partial charge in [0.2, 0.25) is 0 Å². The highest BCUT2D eigenvalue weighted by atomic mass is 35.5. The molecule has 182 valence electrons. The highest BCUT2D eigenvalue weighted by molar-refractivity contribution is 6.21. The van der Waals surface area contributed by atoms with Crippen LogP contribution >= 0.6 is 11.6 Å². The molecule has 0 radical (unpaired) electrons. The summed E-state index contributed by atoms with van der Waals surface area (Å²) in [6.45, 7) is 5.15. The lowest BCUT2D eigenvalue weighted by atomic mass is 9.91. The van der Waals surface area contributed by atoms with Crippen molar-refractivity contribution in [3.63, 3.8) is 0 Å². The van der Waals surface area contributed by atoms with E-state index in [2.05, 4.69) is 18.7 Å². The van der Waals surface area contributed by atoms with Crippen molar-refractivity contribution in [2.24, 2.45) is 11.8 Å². The maximum Gasteiger partial charge on any atom is 0.306 e. The van der Waals surface area contributed by atoms with E-state index in [0.29, 0.717) is 13.0 Å². The monoisotopic (exact) mass is 476 g/mol. The van der Waals surface area contributed by atoms with Gasteiger partial charge in [0, 0.05) is 24.3 Å². The Hall–Kier alpha value is -1.82. The first-order valence-electron chi connectivity index (χ1n) is 12.2. The molecule has 1 aliphatic heterocycles. The van der Waals surface area contributed by atoms with Gasteiger partial charge in [-0.2, -0.15) is 0 Å². The van der Waals surface area contributed by atoms with E-state index in [4.69, 9.17) is 30.5 Å². The number of benzene rings is 1. The number of ether oxygens (including phenoxy) is 4. The second kappa shape index (κ2) is 14.4. The van der Waals surface area contributed by atoms with Gasteiger partial charge in [0.25, 0.3) is 0 Å². The fourth-order valence-electron chi connectivity index (χ4n) is 4.51. The lowest BCUT2D eigenvalue weighted by molar-refractivity contribution is -0.197. The zero-order valence-electron chi connectivity index (χ0n) is 19.4. The summed E-state index contributed by atoms with van der Waals surface area (Å²) in [5.74, 6) is 1.14. The van der Waals surface area contributed by atoms with Crippen LogP contribution < -0.4 is 4.74 Å². The lowest BCUT2D eigenvalue weighted by Crippen LogP contribution is -2.34. The topological polar surface area (TPSA) is 54.0 Å². The van der Waals surface area contributed by atoms with Gasteiger partial charge in [-0.05, 0) is 63.0 Å². The standard InChI is InChI=1S/C27H37ClO5/c1-2-17-30-26(29)15-9-4-3-8-14-22-23(20-32-21-12-6-5-7-13-21)25(19-24(22)28)33-27-16-10-11-18-31-27/h2-3,5-8,12-13,22-25,27H,1,4,9-11,14-20H2/b8-3-/t22-,23-,24-,25-,27?/m1/s1. The van der Waals surface area contributed by atoms with Crippen LogP contribution in [0.4, 0.5) is 0 Å². The van der Waals surface area contributed by atoms with Gasteiger partial charge in [0.1, 0.15) is 12.4 Å². The van der Waals surface area contributed by atoms with E-state index in [-0.39, 0.29) is 42.2 Å². The average Bonchev–Trinajstić information content (AvgIpc) is 3.13. The first-order chi connectivity index (χ1) is 16.2. The molecule has 0 N–H and O–H groups in total. The van der Waals surface area contributed by atoms with Gasteiger partial charge in [0.15, 0.2) is 6.29 Å². The predicted octanol–water partition coefficient (Wildman–Crippen LogP) is 6.07. The summed E-state index contributed by atoms with van der Waals surface area (Å²) >= 11 is 6.82. The van der Waals surface area contributed by atoms with Crippen LogP contribution in [-0.2, 0) is 19.0 Å². The molecule has 1 aromatic carbocycles. The number of hydrogen-bond donors (Lipinski definition) is 0. The minimum absolute atomic E-state index is 0.0253. The van der Waals surface area contributed by atoms with Gasteiger partial charge >= 0.3 is 5.97 Å². The van der Waals surface area contributed by atoms with E-state index in [0.717, 1.165) is 57.3 Å². The Bertz CT molecular complexity index is 731. The van der Waals surface area contributed by atoms with E-state index in [1.807, 2.05) is 30.3 Å². The number of allylic oxidation sites excluding steroid dienone is 2. The van der Waals surface area contributed by atoms with Crippen LogP contribution in [0, 0.1) is 11.8 Å². The van der Waals surface area contributed by atoms with E-state index < -0.39 is 0 Å². The summed E-state index contributed by atoms with van der Waals surface area (Å²) in [5.41, 5.74) is 0. The molecular weight excluding hydrogens is 440 g/mol. The molecule has 1 aliphatic carbocycles. The van der Waals surface area contributed by atoms with Gasteiger partial charge in [-0.25, -0.2) is 0 Å². The fraction of sp³-hybridized carbons (Fsp3) is 0.593. The van der Waals surface area contributed by atoms with Crippen molar-refractivity contribution in [1.29, 1.82) is 0 Å². The molecule has 5 nitrogen and oxygen atoms in total. The molecule has 0 aromatic heterocycles. The number of alkyl halides is 1. The van der Waals surface area contributed by atoms with E-state index >= 15 is 0 Å². The number of unbranched alkanes of at least 4 members (excludes halogenated alkanes) is 1. The van der Waals surface area contributed by atoms with Crippen molar-refractivity contribution in [3.05, 3.63) is 55.1 Å². The number of rotatable bonds is 13. The smallest absolute Gasteiger partial charge is 0.306 e. The van der Waals surface area contributed by atoms with Crippen LogP contribution in [0.15, 0.2) is 55.1 Å². The number of esters is 1. The van der Waals surface area contributed by atoms with Gasteiger partial charge in [-0.3, -0.25) is 4.79 Å². The Morgan fingerprint density at radius 1 is 1.18 bits per heavy atom. The van der Waals surface area contributed by atoms with Crippen molar-refractivity contribution in [2.45, 2.75) is 69.1 Å². The summed E-state index contributed by atoms with van der Waals surface area (Å²) in [4.78, 5) is 11.6. The number of hydrogen-bond acceptors (Lipinski definition) is 5. The summed E-state index contributed by atoms with van der Waals surface area (Å²) in [6.07, 6.45) is 12.7. The third kappa shape index (κ3) is 8.80. The van der Waals surface area contributed by atoms with Crippen molar-refractivity contribution < 1.29 is 23.7 Å². The Labute approximate surface area is 203 Å². The van der Waals surface area contributed by atoms with Crippen LogP contribution in [0.25, 0.3) is 0 Å². The lowest BCUT2D eigenvalue weighted by Gasteiger charge is -2.30. The molecule has 1 aromatic rings. The first kappa shape index (κ1) is 25.8. The Morgan fingerprint density at radius 2 is 2.03 bits per heavy atom. The second-order valence-corrected chi connectivity index (χ2v) is 9.31. The van der Waals surface area contributed by atoms with Gasteiger partial charge < -0.3 is 18.9 Å². The summed E-state index contributed by atoms with van der Waals surface area (Å²) < 4.78 is 23.4. The molecular formula is C27H37ClO5. The number of carbonyl (C=O) groups is 1. The number of para-hydroxylation sites is 1. The zero-order chi connectivity index (χ0) is 23.3. The molecule has 33 heavy (non-hydrogen) atoms. The van der Waals surface area contributed by atoms with Gasteiger partial charge in [-0.1, -0.05) is 43.0 Å². The largest absolute Gasteiger partial charge is 0.493 e. The SMILES string of the molecule is C=CCOC(=O)CCC/C=C\C[C@@H]1[C@@H](COc2ccccc2)[C@H](OC2CCCCO2)C[C@H]1Cl. The van der Waals surface area contributed by atoms with Crippen LogP contribution in [0.1, 0.15) is 51.4 Å². The molecule has 2 aliphatic rings. The van der Waals surface area contributed by atoms with Crippen LogP contribution in [0.2, 0.25) is 0 Å². The zero-order valence-corrected chi connectivity index (χ0v) is 20.2. The molecule has 1 unspecified atom stereocenters. The maximum absolute atomic E-state index is 11.6. The van der Waals surface area contributed by atoms with E-state index in [9.17, 15) is 4.79 Å². The van der Waals surface area contributed by atoms with Gasteiger partial charge in [-0.15, -0.1) is 11.6 Å². The van der Waals surface area contributed by atoms with Crippen molar-refractivity contribution >= 4 is 17.6 Å². The highest BCUT2D eigenvalue weighted by Crippen LogP contribution is 2.41. The summed E-state index contributed by atoms with van der Waals surface area (Å²) in [7, 11) is 0. The number of carbonyl (C=O) groups excluding carboxylic acids is 1. The van der Waals surface area contributed by atoms with Crippen LogP contribution in [0.3, 0.4) is 0 Å². The second-order valence-electron chi connectivity index (χ2n) is 8.75. The molecule has 0 amide bonds. The summed E-state index contributed by atoms with van der Waals surface area (Å²) in [6, 6.07) is 9.89. The van der Waals surface area contributed by atoms with Crippen molar-refractivity contribution in [1.82, 2.24) is 0 Å². The quantitative estimate of drug-likeness (QED) is 0.150. The molecule has 0 spiro atoms. The molecule has 3 rings (SSSR count).